The number of piperidine rings is 1. The molecular weight excluding hydrogens is 280 g/mol. The Morgan fingerprint density at radius 2 is 2.14 bits per heavy atom. The minimum atomic E-state index is -0.394. The standard InChI is InChI=1S/C17H26N2O3/c1-3-4-11-22-17(20)19-14-5-6-16(21-2)15(12-14)13-7-9-18-10-8-13/h5-6,12-13,18H,3-4,7-11H2,1-2H3,(H,19,20). The van der Waals surface area contributed by atoms with Crippen LogP contribution >= 0.6 is 0 Å². The summed E-state index contributed by atoms with van der Waals surface area (Å²) >= 11 is 0. The molecule has 2 N–H and O–H groups in total. The predicted octanol–water partition coefficient (Wildman–Crippen LogP) is 3.51. The summed E-state index contributed by atoms with van der Waals surface area (Å²) in [6.07, 6.45) is 3.67. The van der Waals surface area contributed by atoms with Crippen LogP contribution in [0.4, 0.5) is 10.5 Å². The lowest BCUT2D eigenvalue weighted by Crippen LogP contribution is -2.27. The van der Waals surface area contributed by atoms with Crippen LogP contribution in [0.25, 0.3) is 0 Å². The normalized spacial score (nSPS) is 15.4. The number of unbranched alkanes of at least 4 members (excludes halogenated alkanes) is 1. The Kier molecular flexibility index (Phi) is 6.52. The summed E-state index contributed by atoms with van der Waals surface area (Å²) in [6.45, 7) is 4.56. The maximum atomic E-state index is 11.8. The zero-order valence-electron chi connectivity index (χ0n) is 13.5. The van der Waals surface area contributed by atoms with Crippen molar-refractivity contribution >= 4 is 11.8 Å². The first kappa shape index (κ1) is 16.6. The molecule has 1 aliphatic rings. The van der Waals surface area contributed by atoms with E-state index < -0.39 is 6.09 Å². The van der Waals surface area contributed by atoms with Gasteiger partial charge >= 0.3 is 6.09 Å². The molecule has 0 saturated carbocycles. The van der Waals surface area contributed by atoms with Gasteiger partial charge in [0.1, 0.15) is 5.75 Å². The van der Waals surface area contributed by atoms with Gasteiger partial charge in [-0.15, -0.1) is 0 Å². The first-order chi connectivity index (χ1) is 10.7. The number of carbonyl (C=O) groups excluding carboxylic acids is 1. The first-order valence-corrected chi connectivity index (χ1v) is 8.07. The molecule has 0 aliphatic carbocycles. The fraction of sp³-hybridized carbons (Fsp3) is 0.588. The summed E-state index contributed by atoms with van der Waals surface area (Å²) in [5.74, 6) is 1.35. The molecule has 1 fully saturated rings. The number of anilines is 1. The van der Waals surface area contributed by atoms with Crippen molar-refractivity contribution in [1.82, 2.24) is 5.32 Å². The second-order valence-electron chi connectivity index (χ2n) is 5.60. The molecule has 1 aromatic rings. The van der Waals surface area contributed by atoms with Crippen molar-refractivity contribution in [2.75, 3.05) is 32.1 Å². The number of amides is 1. The Hall–Kier alpha value is -1.75. The molecule has 1 amide bonds. The smallest absolute Gasteiger partial charge is 0.411 e. The molecule has 5 nitrogen and oxygen atoms in total. The van der Waals surface area contributed by atoms with Gasteiger partial charge in [-0.2, -0.15) is 0 Å². The molecule has 0 bridgehead atoms. The van der Waals surface area contributed by atoms with Crippen LogP contribution in [-0.4, -0.2) is 32.9 Å². The average molecular weight is 306 g/mol. The minimum absolute atomic E-state index is 0.394. The van der Waals surface area contributed by atoms with Crippen LogP contribution < -0.4 is 15.4 Å². The molecule has 1 aliphatic heterocycles. The van der Waals surface area contributed by atoms with Gasteiger partial charge in [0, 0.05) is 5.69 Å². The lowest BCUT2D eigenvalue weighted by molar-refractivity contribution is 0.160. The van der Waals surface area contributed by atoms with E-state index in [-0.39, 0.29) is 0 Å². The summed E-state index contributed by atoms with van der Waals surface area (Å²) in [4.78, 5) is 11.8. The average Bonchev–Trinajstić information content (AvgIpc) is 2.56. The second-order valence-corrected chi connectivity index (χ2v) is 5.60. The molecular formula is C17H26N2O3. The van der Waals surface area contributed by atoms with Crippen molar-refractivity contribution in [3.8, 4) is 5.75 Å². The van der Waals surface area contributed by atoms with E-state index in [0.717, 1.165) is 55.8 Å². The highest BCUT2D eigenvalue weighted by atomic mass is 16.5. The zero-order valence-corrected chi connectivity index (χ0v) is 13.5. The molecule has 0 radical (unpaired) electrons. The molecule has 1 aromatic carbocycles. The molecule has 1 heterocycles. The topological polar surface area (TPSA) is 59.6 Å². The number of methoxy groups -OCH3 is 1. The molecule has 0 atom stereocenters. The second kappa shape index (κ2) is 8.63. The Morgan fingerprint density at radius 1 is 1.36 bits per heavy atom. The highest BCUT2D eigenvalue weighted by molar-refractivity contribution is 5.84. The molecule has 0 unspecified atom stereocenters. The lowest BCUT2D eigenvalue weighted by Gasteiger charge is -2.25. The van der Waals surface area contributed by atoms with Crippen molar-refractivity contribution in [2.45, 2.75) is 38.5 Å². The molecule has 5 heteroatoms. The third kappa shape index (κ3) is 4.63. The first-order valence-electron chi connectivity index (χ1n) is 8.07. The van der Waals surface area contributed by atoms with Gasteiger partial charge in [-0.1, -0.05) is 13.3 Å². The maximum Gasteiger partial charge on any atom is 0.411 e. The molecule has 122 valence electrons. The van der Waals surface area contributed by atoms with E-state index in [4.69, 9.17) is 9.47 Å². The summed E-state index contributed by atoms with van der Waals surface area (Å²) in [7, 11) is 1.69. The number of hydrogen-bond donors (Lipinski definition) is 2. The molecule has 2 rings (SSSR count). The van der Waals surface area contributed by atoms with Crippen molar-refractivity contribution in [2.24, 2.45) is 0 Å². The summed E-state index contributed by atoms with van der Waals surface area (Å²) < 4.78 is 10.6. The van der Waals surface area contributed by atoms with E-state index >= 15 is 0 Å². The van der Waals surface area contributed by atoms with E-state index in [1.807, 2.05) is 18.2 Å². The van der Waals surface area contributed by atoms with E-state index in [0.29, 0.717) is 12.5 Å². The van der Waals surface area contributed by atoms with Gasteiger partial charge in [-0.05, 0) is 62.0 Å². The van der Waals surface area contributed by atoms with Crippen LogP contribution in [-0.2, 0) is 4.74 Å². The fourth-order valence-corrected chi connectivity index (χ4v) is 2.73. The summed E-state index contributed by atoms with van der Waals surface area (Å²) in [6, 6.07) is 5.78. The third-order valence-corrected chi connectivity index (χ3v) is 3.99. The maximum absolute atomic E-state index is 11.8. The van der Waals surface area contributed by atoms with Gasteiger partial charge in [0.2, 0.25) is 0 Å². The van der Waals surface area contributed by atoms with Crippen LogP contribution in [0.5, 0.6) is 5.75 Å². The Balaban J connectivity index is 2.04. The highest BCUT2D eigenvalue weighted by Crippen LogP contribution is 2.34. The number of benzene rings is 1. The van der Waals surface area contributed by atoms with Crippen molar-refractivity contribution in [3.63, 3.8) is 0 Å². The van der Waals surface area contributed by atoms with E-state index in [1.54, 1.807) is 7.11 Å². The van der Waals surface area contributed by atoms with Gasteiger partial charge in [0.05, 0.1) is 13.7 Å². The Bertz CT molecular complexity index is 485. The SMILES string of the molecule is CCCCOC(=O)Nc1ccc(OC)c(C2CCNCC2)c1. The van der Waals surface area contributed by atoms with Crippen molar-refractivity contribution in [3.05, 3.63) is 23.8 Å². The van der Waals surface area contributed by atoms with Crippen LogP contribution in [0.3, 0.4) is 0 Å². The monoisotopic (exact) mass is 306 g/mol. The van der Waals surface area contributed by atoms with Crippen molar-refractivity contribution in [1.29, 1.82) is 0 Å². The summed E-state index contributed by atoms with van der Waals surface area (Å²) in [5, 5.41) is 6.17. The summed E-state index contributed by atoms with van der Waals surface area (Å²) in [5.41, 5.74) is 1.92. The van der Waals surface area contributed by atoms with E-state index in [1.165, 1.54) is 0 Å². The largest absolute Gasteiger partial charge is 0.496 e. The van der Waals surface area contributed by atoms with Gasteiger partial charge in [-0.3, -0.25) is 5.32 Å². The number of ether oxygens (including phenoxy) is 2. The van der Waals surface area contributed by atoms with Gasteiger partial charge in [0.25, 0.3) is 0 Å². The Morgan fingerprint density at radius 3 is 2.82 bits per heavy atom. The van der Waals surface area contributed by atoms with Gasteiger partial charge in [0.15, 0.2) is 0 Å². The van der Waals surface area contributed by atoms with Crippen LogP contribution in [0.15, 0.2) is 18.2 Å². The van der Waals surface area contributed by atoms with Crippen LogP contribution in [0, 0.1) is 0 Å². The van der Waals surface area contributed by atoms with Crippen molar-refractivity contribution < 1.29 is 14.3 Å². The van der Waals surface area contributed by atoms with Crippen LogP contribution in [0.1, 0.15) is 44.1 Å². The zero-order chi connectivity index (χ0) is 15.8. The van der Waals surface area contributed by atoms with Gasteiger partial charge in [-0.25, -0.2) is 4.79 Å². The number of carbonyl (C=O) groups is 1. The minimum Gasteiger partial charge on any atom is -0.496 e. The molecule has 22 heavy (non-hydrogen) atoms. The highest BCUT2D eigenvalue weighted by Gasteiger charge is 2.19. The predicted molar refractivity (Wildman–Crippen MR) is 87.7 cm³/mol. The quantitative estimate of drug-likeness (QED) is 0.790. The van der Waals surface area contributed by atoms with Crippen LogP contribution in [0.2, 0.25) is 0 Å². The number of nitrogens with one attached hydrogen (secondary N) is 2. The number of hydrogen-bond acceptors (Lipinski definition) is 4. The van der Waals surface area contributed by atoms with Gasteiger partial charge < -0.3 is 14.8 Å². The third-order valence-electron chi connectivity index (χ3n) is 3.99. The Labute approximate surface area is 132 Å². The van der Waals surface area contributed by atoms with E-state index in [2.05, 4.69) is 17.6 Å². The lowest BCUT2D eigenvalue weighted by atomic mass is 9.89. The molecule has 1 saturated heterocycles. The molecule has 0 aromatic heterocycles. The van der Waals surface area contributed by atoms with E-state index in [9.17, 15) is 4.79 Å². The molecule has 0 spiro atoms. The number of rotatable bonds is 6. The fourth-order valence-electron chi connectivity index (χ4n) is 2.73.